The molecule has 2 rings (SSSR count). The molecule has 1 aromatic carbocycles. The third-order valence-corrected chi connectivity index (χ3v) is 3.98. The van der Waals surface area contributed by atoms with E-state index >= 15 is 0 Å². The minimum Gasteiger partial charge on any atom is -0.491 e. The van der Waals surface area contributed by atoms with Crippen molar-refractivity contribution in [3.8, 4) is 11.8 Å². The largest absolute Gasteiger partial charge is 0.491 e. The van der Waals surface area contributed by atoms with Crippen LogP contribution in [0.15, 0.2) is 24.3 Å². The highest BCUT2D eigenvalue weighted by molar-refractivity contribution is 5.29. The third kappa shape index (κ3) is 3.32. The summed E-state index contributed by atoms with van der Waals surface area (Å²) in [6.45, 7) is 7.60. The third-order valence-electron chi connectivity index (χ3n) is 3.98. The first-order valence-electron chi connectivity index (χ1n) is 7.50. The molecule has 1 atom stereocenters. The highest BCUT2D eigenvalue weighted by Crippen LogP contribution is 2.39. The second kappa shape index (κ2) is 6.28. The number of ether oxygens (including phenoxy) is 1. The molecular weight excluding hydrogens is 248 g/mol. The Morgan fingerprint density at radius 1 is 1.35 bits per heavy atom. The molecule has 0 heterocycles. The van der Waals surface area contributed by atoms with Gasteiger partial charge in [0.05, 0.1) is 6.07 Å². The van der Waals surface area contributed by atoms with Gasteiger partial charge in [-0.05, 0) is 48.9 Å². The molecule has 1 unspecified atom stereocenters. The zero-order chi connectivity index (χ0) is 14.6. The zero-order valence-electron chi connectivity index (χ0n) is 12.6. The molecule has 0 radical (unpaired) electrons. The predicted octanol–water partition coefficient (Wildman–Crippen LogP) is 3.47. The summed E-state index contributed by atoms with van der Waals surface area (Å²) in [4.78, 5) is 0. The SMILES string of the molecule is CCNC(C#N)(COc1ccc(C(C)C)cc1)C1CC1. The molecule has 0 saturated heterocycles. The normalized spacial score (nSPS) is 17.6. The van der Waals surface area contributed by atoms with Crippen molar-refractivity contribution in [1.29, 1.82) is 5.26 Å². The van der Waals surface area contributed by atoms with Crippen LogP contribution in [0.2, 0.25) is 0 Å². The Balaban J connectivity index is 2.00. The van der Waals surface area contributed by atoms with Gasteiger partial charge in [-0.15, -0.1) is 0 Å². The van der Waals surface area contributed by atoms with Gasteiger partial charge in [-0.25, -0.2) is 0 Å². The van der Waals surface area contributed by atoms with Crippen molar-refractivity contribution in [2.75, 3.05) is 13.2 Å². The van der Waals surface area contributed by atoms with E-state index in [1.165, 1.54) is 5.56 Å². The van der Waals surface area contributed by atoms with Crippen molar-refractivity contribution in [3.05, 3.63) is 29.8 Å². The highest BCUT2D eigenvalue weighted by Gasteiger charge is 2.46. The lowest BCUT2D eigenvalue weighted by Gasteiger charge is -2.27. The summed E-state index contributed by atoms with van der Waals surface area (Å²) >= 11 is 0. The Hall–Kier alpha value is -1.53. The van der Waals surface area contributed by atoms with Crippen molar-refractivity contribution in [1.82, 2.24) is 5.32 Å². The lowest BCUT2D eigenvalue weighted by atomic mass is 9.96. The fraction of sp³-hybridized carbons (Fsp3) is 0.588. The average molecular weight is 272 g/mol. The maximum atomic E-state index is 9.52. The monoisotopic (exact) mass is 272 g/mol. The van der Waals surface area contributed by atoms with Crippen LogP contribution in [0.5, 0.6) is 5.75 Å². The number of benzene rings is 1. The molecule has 0 aromatic heterocycles. The number of hydrogen-bond donors (Lipinski definition) is 1. The summed E-state index contributed by atoms with van der Waals surface area (Å²) in [6, 6.07) is 10.6. The van der Waals surface area contributed by atoms with E-state index < -0.39 is 5.54 Å². The van der Waals surface area contributed by atoms with Crippen LogP contribution in [-0.4, -0.2) is 18.7 Å². The minimum atomic E-state index is -0.522. The zero-order valence-corrected chi connectivity index (χ0v) is 12.6. The van der Waals surface area contributed by atoms with Crippen molar-refractivity contribution in [2.24, 2.45) is 5.92 Å². The van der Waals surface area contributed by atoms with E-state index in [1.54, 1.807) is 0 Å². The summed E-state index contributed by atoms with van der Waals surface area (Å²) in [5, 5.41) is 12.8. The van der Waals surface area contributed by atoms with Gasteiger partial charge in [0.15, 0.2) is 0 Å². The summed E-state index contributed by atoms with van der Waals surface area (Å²) in [7, 11) is 0. The lowest BCUT2D eigenvalue weighted by molar-refractivity contribution is 0.204. The van der Waals surface area contributed by atoms with Crippen LogP contribution in [0, 0.1) is 17.2 Å². The fourth-order valence-electron chi connectivity index (χ4n) is 2.51. The molecule has 0 amide bonds. The van der Waals surface area contributed by atoms with Crippen LogP contribution < -0.4 is 10.1 Å². The van der Waals surface area contributed by atoms with Gasteiger partial charge < -0.3 is 4.74 Å². The molecule has 3 nitrogen and oxygen atoms in total. The maximum Gasteiger partial charge on any atom is 0.143 e. The topological polar surface area (TPSA) is 45.0 Å². The van der Waals surface area contributed by atoms with Crippen LogP contribution >= 0.6 is 0 Å². The number of hydrogen-bond acceptors (Lipinski definition) is 3. The minimum absolute atomic E-state index is 0.420. The van der Waals surface area contributed by atoms with E-state index in [-0.39, 0.29) is 0 Å². The first kappa shape index (κ1) is 14.9. The summed E-state index contributed by atoms with van der Waals surface area (Å²) < 4.78 is 5.87. The quantitative estimate of drug-likeness (QED) is 0.826. The first-order chi connectivity index (χ1) is 9.61. The van der Waals surface area contributed by atoms with Gasteiger partial charge in [-0.3, -0.25) is 5.32 Å². The van der Waals surface area contributed by atoms with Crippen molar-refractivity contribution in [2.45, 2.75) is 45.1 Å². The molecule has 1 saturated carbocycles. The van der Waals surface area contributed by atoms with E-state index in [2.05, 4.69) is 37.4 Å². The summed E-state index contributed by atoms with van der Waals surface area (Å²) in [5.41, 5.74) is 0.781. The molecule has 3 heteroatoms. The molecule has 1 N–H and O–H groups in total. The first-order valence-corrected chi connectivity index (χ1v) is 7.50. The molecule has 20 heavy (non-hydrogen) atoms. The molecule has 0 spiro atoms. The van der Waals surface area contributed by atoms with Crippen molar-refractivity contribution >= 4 is 0 Å². The fourth-order valence-corrected chi connectivity index (χ4v) is 2.51. The molecule has 1 aliphatic rings. The number of likely N-dealkylation sites (N-methyl/N-ethyl adjacent to an activating group) is 1. The number of nitriles is 1. The second-order valence-corrected chi connectivity index (χ2v) is 5.90. The van der Waals surface area contributed by atoms with E-state index in [1.807, 2.05) is 19.1 Å². The van der Waals surface area contributed by atoms with Crippen LogP contribution in [0.3, 0.4) is 0 Å². The molecule has 1 aromatic rings. The molecular formula is C17H24N2O. The van der Waals surface area contributed by atoms with Gasteiger partial charge in [0.25, 0.3) is 0 Å². The number of rotatable bonds is 7. The average Bonchev–Trinajstić information content (AvgIpc) is 3.29. The highest BCUT2D eigenvalue weighted by atomic mass is 16.5. The maximum absolute atomic E-state index is 9.52. The molecule has 0 aliphatic heterocycles. The van der Waals surface area contributed by atoms with Crippen LogP contribution in [0.4, 0.5) is 0 Å². The Bertz CT molecular complexity index is 471. The van der Waals surface area contributed by atoms with E-state index in [4.69, 9.17) is 4.74 Å². The van der Waals surface area contributed by atoms with Crippen molar-refractivity contribution < 1.29 is 4.74 Å². The smallest absolute Gasteiger partial charge is 0.143 e. The Kier molecular flexibility index (Phi) is 4.67. The molecule has 1 aliphatic carbocycles. The van der Waals surface area contributed by atoms with Gasteiger partial charge in [-0.2, -0.15) is 5.26 Å². The Morgan fingerprint density at radius 3 is 2.45 bits per heavy atom. The lowest BCUT2D eigenvalue weighted by Crippen LogP contribution is -2.50. The number of nitrogens with zero attached hydrogens (tertiary/aromatic N) is 1. The molecule has 108 valence electrons. The predicted molar refractivity (Wildman–Crippen MR) is 80.8 cm³/mol. The van der Waals surface area contributed by atoms with Gasteiger partial charge in [-0.1, -0.05) is 32.9 Å². The molecule has 0 bridgehead atoms. The Labute approximate surface area is 121 Å². The van der Waals surface area contributed by atoms with Crippen molar-refractivity contribution in [3.63, 3.8) is 0 Å². The van der Waals surface area contributed by atoms with E-state index in [9.17, 15) is 5.26 Å². The van der Waals surface area contributed by atoms with Gasteiger partial charge in [0.2, 0.25) is 0 Å². The summed E-state index contributed by atoms with van der Waals surface area (Å²) in [6.07, 6.45) is 2.24. The standard InChI is InChI=1S/C17H24N2O/c1-4-19-17(11-18,15-7-8-15)12-20-16-9-5-14(6-10-16)13(2)3/h5-6,9-10,13,15,19H,4,7-8,12H2,1-3H3. The Morgan fingerprint density at radius 2 is 2.00 bits per heavy atom. The van der Waals surface area contributed by atoms with E-state index in [0.29, 0.717) is 18.4 Å². The molecule has 1 fully saturated rings. The van der Waals surface area contributed by atoms with Crippen LogP contribution in [-0.2, 0) is 0 Å². The number of nitrogens with one attached hydrogen (secondary N) is 1. The van der Waals surface area contributed by atoms with E-state index in [0.717, 1.165) is 25.1 Å². The van der Waals surface area contributed by atoms with Crippen LogP contribution in [0.25, 0.3) is 0 Å². The summed E-state index contributed by atoms with van der Waals surface area (Å²) in [5.74, 6) is 1.80. The van der Waals surface area contributed by atoms with Gasteiger partial charge in [0.1, 0.15) is 17.9 Å². The van der Waals surface area contributed by atoms with Crippen LogP contribution in [0.1, 0.15) is 45.1 Å². The van der Waals surface area contributed by atoms with Gasteiger partial charge >= 0.3 is 0 Å². The van der Waals surface area contributed by atoms with Gasteiger partial charge in [0, 0.05) is 0 Å². The second-order valence-electron chi connectivity index (χ2n) is 5.90.